The quantitative estimate of drug-likeness (QED) is 0.231. The Morgan fingerprint density at radius 1 is 1.67 bits per heavy atom. The summed E-state index contributed by atoms with van der Waals surface area (Å²) >= 11 is 5.22. The number of pyridine rings is 1. The van der Waals surface area contributed by atoms with Crippen molar-refractivity contribution in [2.24, 2.45) is 0 Å². The lowest BCUT2D eigenvalue weighted by atomic mass is 10.4. The van der Waals surface area contributed by atoms with Crippen molar-refractivity contribution < 1.29 is 14.8 Å². The molecule has 0 saturated heterocycles. The van der Waals surface area contributed by atoms with Gasteiger partial charge in [0.1, 0.15) is 0 Å². The SMILES string of the molecule is O=[N+]([O-])c1cc[n+]([O-])c(Cl)c1O. The highest BCUT2D eigenvalue weighted by atomic mass is 35.5. The van der Waals surface area contributed by atoms with Gasteiger partial charge in [0, 0.05) is 0 Å². The lowest BCUT2D eigenvalue weighted by Gasteiger charge is -1.99. The smallest absolute Gasteiger partial charge is 0.336 e. The summed E-state index contributed by atoms with van der Waals surface area (Å²) < 4.78 is 0.129. The molecule has 0 fully saturated rings. The zero-order valence-electron chi connectivity index (χ0n) is 5.60. The topological polar surface area (TPSA) is 90.3 Å². The summed E-state index contributed by atoms with van der Waals surface area (Å²) in [6.45, 7) is 0. The first-order chi connectivity index (χ1) is 5.54. The van der Waals surface area contributed by atoms with Crippen molar-refractivity contribution in [3.8, 4) is 5.75 Å². The first-order valence-corrected chi connectivity index (χ1v) is 3.17. The largest absolute Gasteiger partial charge is 0.618 e. The minimum absolute atomic E-state index is 0.129. The van der Waals surface area contributed by atoms with E-state index in [1.54, 1.807) is 0 Å². The second-order valence-electron chi connectivity index (χ2n) is 1.92. The highest BCUT2D eigenvalue weighted by molar-refractivity contribution is 6.30. The molecule has 0 spiro atoms. The number of hydrogen-bond donors (Lipinski definition) is 1. The summed E-state index contributed by atoms with van der Waals surface area (Å²) in [5.41, 5.74) is -0.591. The predicted molar refractivity (Wildman–Crippen MR) is 38.7 cm³/mol. The minimum atomic E-state index is -0.832. The van der Waals surface area contributed by atoms with Gasteiger partial charge in [-0.2, -0.15) is 4.73 Å². The maximum absolute atomic E-state index is 10.6. The van der Waals surface area contributed by atoms with Crippen LogP contribution in [0.25, 0.3) is 0 Å². The Kier molecular flexibility index (Phi) is 2.01. The van der Waals surface area contributed by atoms with E-state index in [1.165, 1.54) is 0 Å². The molecule has 1 aromatic rings. The van der Waals surface area contributed by atoms with Crippen LogP contribution in [0, 0.1) is 15.3 Å². The Morgan fingerprint density at radius 2 is 2.25 bits per heavy atom. The second-order valence-corrected chi connectivity index (χ2v) is 2.28. The molecule has 0 saturated carbocycles. The van der Waals surface area contributed by atoms with E-state index in [0.717, 1.165) is 12.3 Å². The molecule has 0 unspecified atom stereocenters. The number of nitro groups is 1. The van der Waals surface area contributed by atoms with Crippen molar-refractivity contribution in [3.63, 3.8) is 0 Å². The van der Waals surface area contributed by atoms with Crippen LogP contribution in [0.15, 0.2) is 12.3 Å². The monoisotopic (exact) mass is 190 g/mol. The Hall–Kier alpha value is -1.56. The second kappa shape index (κ2) is 2.82. The molecule has 7 heteroatoms. The van der Waals surface area contributed by atoms with E-state index < -0.39 is 21.5 Å². The summed E-state index contributed by atoms with van der Waals surface area (Å²) in [6, 6.07) is 0.869. The molecule has 64 valence electrons. The van der Waals surface area contributed by atoms with Gasteiger partial charge < -0.3 is 10.3 Å². The predicted octanol–water partition coefficient (Wildman–Crippen LogP) is 0.587. The molecule has 1 aromatic heterocycles. The van der Waals surface area contributed by atoms with Crippen molar-refractivity contribution >= 4 is 17.3 Å². The molecule has 0 aromatic carbocycles. The van der Waals surface area contributed by atoms with Gasteiger partial charge in [-0.1, -0.05) is 0 Å². The van der Waals surface area contributed by atoms with E-state index in [9.17, 15) is 15.3 Å². The summed E-state index contributed by atoms with van der Waals surface area (Å²) in [5, 5.41) is 29.1. The van der Waals surface area contributed by atoms with Crippen LogP contribution in [0.3, 0.4) is 0 Å². The first-order valence-electron chi connectivity index (χ1n) is 2.79. The first kappa shape index (κ1) is 8.54. The van der Waals surface area contributed by atoms with E-state index >= 15 is 0 Å². The molecule has 0 radical (unpaired) electrons. The number of aromatic nitrogens is 1. The van der Waals surface area contributed by atoms with Gasteiger partial charge in [-0.3, -0.25) is 10.1 Å². The zero-order chi connectivity index (χ0) is 9.30. The van der Waals surface area contributed by atoms with Crippen molar-refractivity contribution in [1.82, 2.24) is 0 Å². The van der Waals surface area contributed by atoms with Crippen LogP contribution >= 0.6 is 11.6 Å². The summed E-state index contributed by atoms with van der Waals surface area (Å²) in [5.74, 6) is -0.820. The molecule has 0 bridgehead atoms. The van der Waals surface area contributed by atoms with Crippen LogP contribution in [-0.2, 0) is 0 Å². The average molecular weight is 191 g/mol. The normalized spacial score (nSPS) is 9.75. The fraction of sp³-hybridized carbons (Fsp3) is 0. The minimum Gasteiger partial charge on any atom is -0.618 e. The number of hydrogen-bond acceptors (Lipinski definition) is 4. The number of nitrogens with zero attached hydrogens (tertiary/aromatic N) is 2. The van der Waals surface area contributed by atoms with Crippen LogP contribution in [0.1, 0.15) is 0 Å². The van der Waals surface area contributed by atoms with E-state index in [4.69, 9.17) is 16.7 Å². The van der Waals surface area contributed by atoms with Crippen molar-refractivity contribution in [3.05, 3.63) is 32.7 Å². The van der Waals surface area contributed by atoms with Gasteiger partial charge in [-0.25, -0.2) is 0 Å². The molecule has 0 aliphatic rings. The third-order valence-corrected chi connectivity index (χ3v) is 1.54. The molecule has 1 heterocycles. The molecule has 12 heavy (non-hydrogen) atoms. The van der Waals surface area contributed by atoms with E-state index in [-0.39, 0.29) is 4.73 Å². The summed E-state index contributed by atoms with van der Waals surface area (Å²) in [6.07, 6.45) is 0.847. The van der Waals surface area contributed by atoms with Crippen LogP contribution in [0.2, 0.25) is 5.15 Å². The number of rotatable bonds is 1. The van der Waals surface area contributed by atoms with Gasteiger partial charge in [0.25, 0.3) is 5.75 Å². The van der Waals surface area contributed by atoms with Crippen LogP contribution < -0.4 is 4.73 Å². The Balaban J connectivity index is 3.36. The average Bonchev–Trinajstić information content (AvgIpc) is 2.00. The van der Waals surface area contributed by atoms with Gasteiger partial charge in [-0.15, -0.1) is 0 Å². The number of halogens is 1. The molecule has 0 aliphatic carbocycles. The van der Waals surface area contributed by atoms with Gasteiger partial charge in [-0.05, 0) is 11.6 Å². The van der Waals surface area contributed by atoms with Crippen LogP contribution in [0.4, 0.5) is 5.69 Å². The van der Waals surface area contributed by atoms with Crippen LogP contribution in [0.5, 0.6) is 5.75 Å². The zero-order valence-corrected chi connectivity index (χ0v) is 6.35. The molecule has 0 atom stereocenters. The van der Waals surface area contributed by atoms with Gasteiger partial charge in [0.05, 0.1) is 11.0 Å². The lowest BCUT2D eigenvalue weighted by Crippen LogP contribution is -2.26. The third kappa shape index (κ3) is 1.24. The van der Waals surface area contributed by atoms with E-state index in [2.05, 4.69) is 0 Å². The van der Waals surface area contributed by atoms with Gasteiger partial charge in [0.15, 0.2) is 6.20 Å². The van der Waals surface area contributed by atoms with Crippen LogP contribution in [-0.4, -0.2) is 10.0 Å². The Bertz CT molecular complexity index is 340. The third-order valence-electron chi connectivity index (χ3n) is 1.20. The van der Waals surface area contributed by atoms with E-state index in [1.807, 2.05) is 0 Å². The van der Waals surface area contributed by atoms with Crippen molar-refractivity contribution in [1.29, 1.82) is 0 Å². The highest BCUT2D eigenvalue weighted by Crippen LogP contribution is 2.29. The molecule has 0 aliphatic heterocycles. The fourth-order valence-electron chi connectivity index (χ4n) is 0.640. The maximum atomic E-state index is 10.6. The van der Waals surface area contributed by atoms with E-state index in [0.29, 0.717) is 0 Å². The molecule has 6 nitrogen and oxygen atoms in total. The summed E-state index contributed by atoms with van der Waals surface area (Å²) in [7, 11) is 0. The van der Waals surface area contributed by atoms with Gasteiger partial charge in [0.2, 0.25) is 0 Å². The Labute approximate surface area is 71.4 Å². The number of aromatic hydroxyl groups is 1. The highest BCUT2D eigenvalue weighted by Gasteiger charge is 2.22. The lowest BCUT2D eigenvalue weighted by molar-refractivity contribution is -0.604. The molecular weight excluding hydrogens is 188 g/mol. The Morgan fingerprint density at radius 3 is 2.75 bits per heavy atom. The van der Waals surface area contributed by atoms with Crippen molar-refractivity contribution in [2.45, 2.75) is 0 Å². The molecule has 0 amide bonds. The summed E-state index contributed by atoms with van der Waals surface area (Å²) in [4.78, 5) is 9.33. The molecule has 1 N–H and O–H groups in total. The van der Waals surface area contributed by atoms with Gasteiger partial charge >= 0.3 is 10.8 Å². The fourth-order valence-corrected chi connectivity index (χ4v) is 0.793. The molecular formula is C5H3ClN2O4. The van der Waals surface area contributed by atoms with Crippen molar-refractivity contribution in [2.75, 3.05) is 0 Å². The maximum Gasteiger partial charge on any atom is 0.336 e. The molecule has 1 rings (SSSR count). The standard InChI is InChI=1S/C5H3ClN2O4/c6-5-4(9)3(8(11)12)1-2-7(5)10/h1-2,9H.